The van der Waals surface area contributed by atoms with E-state index in [0.717, 1.165) is 12.1 Å². The molecule has 1 aliphatic rings. The Morgan fingerprint density at radius 2 is 1.87 bits per heavy atom. The van der Waals surface area contributed by atoms with Gasteiger partial charge in [0, 0.05) is 12.2 Å². The van der Waals surface area contributed by atoms with Crippen LogP contribution < -0.4 is 10.0 Å². The van der Waals surface area contributed by atoms with E-state index >= 15 is 0 Å². The Morgan fingerprint density at radius 3 is 2.61 bits per heavy atom. The fourth-order valence-corrected chi connectivity index (χ4v) is 3.35. The van der Waals surface area contributed by atoms with Crippen LogP contribution in [0.2, 0.25) is 0 Å². The average Bonchev–Trinajstić information content (AvgIpc) is 2.87. The molecule has 2 N–H and O–H groups in total. The Labute approximate surface area is 131 Å². The number of sulfonamides is 1. The van der Waals surface area contributed by atoms with Crippen LogP contribution in [-0.2, 0) is 27.8 Å². The molecule has 120 valence electrons. The summed E-state index contributed by atoms with van der Waals surface area (Å²) in [5.41, 5.74) is 1.49. The molecule has 0 atom stereocenters. The first-order chi connectivity index (χ1) is 10.8. The van der Waals surface area contributed by atoms with Crippen LogP contribution in [0.1, 0.15) is 11.1 Å². The number of hydrogen-bond acceptors (Lipinski definition) is 3. The molecule has 0 radical (unpaired) electrons. The molecule has 0 aromatic heterocycles. The number of amides is 1. The molecule has 0 saturated carbocycles. The molecule has 1 heterocycles. The van der Waals surface area contributed by atoms with Gasteiger partial charge in [0.2, 0.25) is 15.9 Å². The van der Waals surface area contributed by atoms with Crippen molar-refractivity contribution in [3.63, 3.8) is 0 Å². The van der Waals surface area contributed by atoms with Crippen molar-refractivity contribution in [2.45, 2.75) is 17.9 Å². The lowest BCUT2D eigenvalue weighted by atomic mass is 10.2. The molecule has 8 heteroatoms. The summed E-state index contributed by atoms with van der Waals surface area (Å²) in [6.07, 6.45) is 0.127. The lowest BCUT2D eigenvalue weighted by Crippen LogP contribution is -2.23. The third kappa shape index (κ3) is 3.22. The quantitative estimate of drug-likeness (QED) is 0.895. The Morgan fingerprint density at radius 1 is 1.09 bits per heavy atom. The lowest BCUT2D eigenvalue weighted by molar-refractivity contribution is -0.115. The SMILES string of the molecule is O=C1Cc2cc(S(=O)(=O)NCc3ccc(F)c(F)c3)ccc2N1. The van der Waals surface area contributed by atoms with E-state index in [-0.39, 0.29) is 23.8 Å². The second kappa shape index (κ2) is 5.71. The minimum atomic E-state index is -3.83. The molecule has 0 saturated heterocycles. The molecule has 2 aromatic rings. The Bertz CT molecular complexity index is 898. The zero-order valence-electron chi connectivity index (χ0n) is 11.8. The predicted molar refractivity (Wildman–Crippen MR) is 79.2 cm³/mol. The first-order valence-electron chi connectivity index (χ1n) is 6.71. The third-order valence-electron chi connectivity index (χ3n) is 3.46. The highest BCUT2D eigenvalue weighted by atomic mass is 32.2. The molecule has 0 aliphatic carbocycles. The zero-order chi connectivity index (χ0) is 16.6. The highest BCUT2D eigenvalue weighted by Crippen LogP contribution is 2.25. The smallest absolute Gasteiger partial charge is 0.240 e. The maximum atomic E-state index is 13.1. The van der Waals surface area contributed by atoms with E-state index in [1.807, 2.05) is 0 Å². The molecular formula is C15H12F2N2O3S. The minimum absolute atomic E-state index is 0.00957. The van der Waals surface area contributed by atoms with Crippen molar-refractivity contribution in [3.8, 4) is 0 Å². The Kier molecular flexibility index (Phi) is 3.87. The number of anilines is 1. The van der Waals surface area contributed by atoms with Crippen LogP contribution in [-0.4, -0.2) is 14.3 Å². The topological polar surface area (TPSA) is 75.3 Å². The molecule has 0 unspecified atom stereocenters. The molecule has 5 nitrogen and oxygen atoms in total. The van der Waals surface area contributed by atoms with E-state index in [9.17, 15) is 22.0 Å². The average molecular weight is 338 g/mol. The van der Waals surface area contributed by atoms with Crippen molar-refractivity contribution >= 4 is 21.6 Å². The fraction of sp³-hybridized carbons (Fsp3) is 0.133. The number of carbonyl (C=O) groups is 1. The van der Waals surface area contributed by atoms with Gasteiger partial charge in [0.05, 0.1) is 11.3 Å². The summed E-state index contributed by atoms with van der Waals surface area (Å²) in [6, 6.07) is 7.48. The molecule has 23 heavy (non-hydrogen) atoms. The van der Waals surface area contributed by atoms with Crippen LogP contribution in [0.3, 0.4) is 0 Å². The molecule has 1 amide bonds. The van der Waals surface area contributed by atoms with Gasteiger partial charge in [0.1, 0.15) is 0 Å². The zero-order valence-corrected chi connectivity index (χ0v) is 12.6. The largest absolute Gasteiger partial charge is 0.326 e. The molecule has 1 aliphatic heterocycles. The Hall–Kier alpha value is -2.32. The first-order valence-corrected chi connectivity index (χ1v) is 8.20. The van der Waals surface area contributed by atoms with Crippen LogP contribution in [0.5, 0.6) is 0 Å². The molecule has 3 rings (SSSR count). The normalized spacial score (nSPS) is 13.7. The van der Waals surface area contributed by atoms with Gasteiger partial charge in [-0.05, 0) is 41.5 Å². The van der Waals surface area contributed by atoms with E-state index in [4.69, 9.17) is 0 Å². The van der Waals surface area contributed by atoms with E-state index in [2.05, 4.69) is 10.0 Å². The number of benzene rings is 2. The van der Waals surface area contributed by atoms with E-state index in [1.54, 1.807) is 0 Å². The second-order valence-corrected chi connectivity index (χ2v) is 6.88. The standard InChI is InChI=1S/C15H12F2N2O3S/c16-12-3-1-9(5-13(12)17)8-18-23(21,22)11-2-4-14-10(6-11)7-15(20)19-14/h1-6,18H,7-8H2,(H,19,20). The number of halogens is 2. The summed E-state index contributed by atoms with van der Waals surface area (Å²) in [6.45, 7) is -0.173. The third-order valence-corrected chi connectivity index (χ3v) is 4.86. The van der Waals surface area contributed by atoms with Crippen LogP contribution >= 0.6 is 0 Å². The van der Waals surface area contributed by atoms with E-state index in [0.29, 0.717) is 16.8 Å². The van der Waals surface area contributed by atoms with Gasteiger partial charge in [-0.25, -0.2) is 21.9 Å². The number of fused-ring (bicyclic) bond motifs is 1. The predicted octanol–water partition coefficient (Wildman–Crippen LogP) is 1.94. The van der Waals surface area contributed by atoms with Gasteiger partial charge in [-0.1, -0.05) is 6.07 Å². The first kappa shape index (κ1) is 15.6. The summed E-state index contributed by atoms with van der Waals surface area (Å²) in [4.78, 5) is 11.3. The van der Waals surface area contributed by atoms with Crippen LogP contribution in [0, 0.1) is 11.6 Å². The maximum Gasteiger partial charge on any atom is 0.240 e. The number of carbonyl (C=O) groups excluding carboxylic acids is 1. The van der Waals surface area contributed by atoms with Crippen LogP contribution in [0.25, 0.3) is 0 Å². The molecule has 0 fully saturated rings. The summed E-state index contributed by atoms with van der Waals surface area (Å²) in [5.74, 6) is -2.22. The van der Waals surface area contributed by atoms with Gasteiger partial charge in [-0.3, -0.25) is 4.79 Å². The lowest BCUT2D eigenvalue weighted by Gasteiger charge is -2.08. The summed E-state index contributed by atoms with van der Waals surface area (Å²) in [7, 11) is -3.83. The van der Waals surface area contributed by atoms with Gasteiger partial charge >= 0.3 is 0 Å². The molecule has 0 bridgehead atoms. The maximum absolute atomic E-state index is 13.1. The van der Waals surface area contributed by atoms with Crippen molar-refractivity contribution in [2.75, 3.05) is 5.32 Å². The molecule has 2 aromatic carbocycles. The minimum Gasteiger partial charge on any atom is -0.326 e. The molecular weight excluding hydrogens is 326 g/mol. The highest BCUT2D eigenvalue weighted by Gasteiger charge is 2.21. The number of nitrogens with one attached hydrogen (secondary N) is 2. The van der Waals surface area contributed by atoms with Crippen molar-refractivity contribution in [3.05, 3.63) is 59.2 Å². The van der Waals surface area contributed by atoms with Gasteiger partial charge in [-0.15, -0.1) is 0 Å². The van der Waals surface area contributed by atoms with Crippen molar-refractivity contribution in [1.29, 1.82) is 0 Å². The van der Waals surface area contributed by atoms with Gasteiger partial charge in [0.25, 0.3) is 0 Å². The van der Waals surface area contributed by atoms with E-state index < -0.39 is 21.7 Å². The number of hydrogen-bond donors (Lipinski definition) is 2. The van der Waals surface area contributed by atoms with E-state index in [1.165, 1.54) is 24.3 Å². The van der Waals surface area contributed by atoms with Crippen LogP contribution in [0.15, 0.2) is 41.3 Å². The summed E-state index contributed by atoms with van der Waals surface area (Å²) in [5, 5.41) is 2.61. The van der Waals surface area contributed by atoms with Gasteiger partial charge < -0.3 is 5.32 Å². The number of rotatable bonds is 4. The van der Waals surface area contributed by atoms with Gasteiger partial charge in [-0.2, -0.15) is 0 Å². The van der Waals surface area contributed by atoms with Crippen molar-refractivity contribution < 1.29 is 22.0 Å². The summed E-state index contributed by atoms with van der Waals surface area (Å²) >= 11 is 0. The fourth-order valence-electron chi connectivity index (χ4n) is 2.28. The monoisotopic (exact) mass is 338 g/mol. The van der Waals surface area contributed by atoms with Crippen molar-refractivity contribution in [1.82, 2.24) is 4.72 Å². The van der Waals surface area contributed by atoms with Gasteiger partial charge in [0.15, 0.2) is 11.6 Å². The summed E-state index contributed by atoms with van der Waals surface area (Å²) < 4.78 is 52.8. The Balaban J connectivity index is 1.78. The highest BCUT2D eigenvalue weighted by molar-refractivity contribution is 7.89. The van der Waals surface area contributed by atoms with Crippen molar-refractivity contribution in [2.24, 2.45) is 0 Å². The second-order valence-electron chi connectivity index (χ2n) is 5.12. The van der Waals surface area contributed by atoms with Crippen LogP contribution in [0.4, 0.5) is 14.5 Å². The molecule has 0 spiro atoms.